The van der Waals surface area contributed by atoms with Gasteiger partial charge >= 0.3 is 5.97 Å². The Morgan fingerprint density at radius 3 is 2.71 bits per heavy atom. The molecule has 0 bridgehead atoms. The molecule has 1 atom stereocenters. The average molecular weight is 311 g/mol. The monoisotopic (exact) mass is 311 g/mol. The van der Waals surface area contributed by atoms with Gasteiger partial charge in [0.05, 0.1) is 19.4 Å². The Morgan fingerprint density at radius 1 is 1.43 bits per heavy atom. The summed E-state index contributed by atoms with van der Waals surface area (Å²) in [5.74, 6) is 4.64. The summed E-state index contributed by atoms with van der Waals surface area (Å²) in [5, 5.41) is 7.36. The van der Waals surface area contributed by atoms with Crippen LogP contribution in [0.3, 0.4) is 0 Å². The molecule has 0 aromatic heterocycles. The lowest BCUT2D eigenvalue weighted by molar-refractivity contribution is -0.139. The maximum absolute atomic E-state index is 12.1. The van der Waals surface area contributed by atoms with Crippen LogP contribution in [0.15, 0.2) is 24.3 Å². The van der Waals surface area contributed by atoms with Crippen molar-refractivity contribution in [3.8, 4) is 11.8 Å². The van der Waals surface area contributed by atoms with Crippen molar-refractivity contribution in [2.75, 3.05) is 18.4 Å². The third kappa shape index (κ3) is 4.77. The third-order valence-electron chi connectivity index (χ3n) is 2.64. The van der Waals surface area contributed by atoms with Crippen molar-refractivity contribution in [1.29, 1.82) is 0 Å². The predicted octanol–water partition coefficient (Wildman–Crippen LogP) is 0.724. The molecule has 0 aliphatic rings. The van der Waals surface area contributed by atoms with Gasteiger partial charge in [0.2, 0.25) is 10.0 Å². The van der Waals surface area contributed by atoms with E-state index in [1.54, 1.807) is 24.3 Å². The zero-order valence-electron chi connectivity index (χ0n) is 11.8. The van der Waals surface area contributed by atoms with Crippen LogP contribution in [0.4, 0.5) is 5.69 Å². The molecule has 7 heteroatoms. The highest BCUT2D eigenvalue weighted by Gasteiger charge is 2.29. The Kier molecular flexibility index (Phi) is 6.21. The van der Waals surface area contributed by atoms with Crippen LogP contribution in [0.25, 0.3) is 0 Å². The summed E-state index contributed by atoms with van der Waals surface area (Å²) in [5.41, 5.74) is 0.741. The molecule has 0 heterocycles. The van der Waals surface area contributed by atoms with E-state index in [1.165, 1.54) is 6.92 Å². The molecule has 0 aliphatic heterocycles. The summed E-state index contributed by atoms with van der Waals surface area (Å²) in [4.78, 5) is 11.3. The van der Waals surface area contributed by atoms with Crippen molar-refractivity contribution < 1.29 is 23.1 Å². The minimum atomic E-state index is -3.92. The van der Waals surface area contributed by atoms with Gasteiger partial charge in [0.25, 0.3) is 0 Å². The van der Waals surface area contributed by atoms with Crippen molar-refractivity contribution >= 4 is 21.7 Å². The standard InChI is InChI=1S/C14H17NO5S/c1-11(14(17)20-2)21(18,19)15-13-9-4-3-7-12(13)8-5-6-10-16/h3-4,7,9,11,15-16H,6,10H2,1-2H3. The fourth-order valence-electron chi connectivity index (χ4n) is 1.43. The van der Waals surface area contributed by atoms with Gasteiger partial charge in [0.1, 0.15) is 0 Å². The van der Waals surface area contributed by atoms with Crippen molar-refractivity contribution in [3.05, 3.63) is 29.8 Å². The topological polar surface area (TPSA) is 92.7 Å². The summed E-state index contributed by atoms with van der Waals surface area (Å²) in [7, 11) is -2.79. The average Bonchev–Trinajstić information content (AvgIpc) is 2.47. The highest BCUT2D eigenvalue weighted by molar-refractivity contribution is 7.94. The number of para-hydroxylation sites is 1. The van der Waals surface area contributed by atoms with Crippen LogP contribution in [0, 0.1) is 11.8 Å². The molecule has 0 fully saturated rings. The number of carbonyl (C=O) groups is 1. The highest BCUT2D eigenvalue weighted by atomic mass is 32.2. The van der Waals surface area contributed by atoms with E-state index in [9.17, 15) is 13.2 Å². The van der Waals surface area contributed by atoms with E-state index in [-0.39, 0.29) is 12.3 Å². The molecule has 1 aromatic rings. The maximum Gasteiger partial charge on any atom is 0.325 e. The number of sulfonamides is 1. The summed E-state index contributed by atoms with van der Waals surface area (Å²) in [6, 6.07) is 6.55. The van der Waals surface area contributed by atoms with E-state index in [0.29, 0.717) is 12.0 Å². The second kappa shape index (κ2) is 7.67. The van der Waals surface area contributed by atoms with Crippen LogP contribution in [-0.4, -0.2) is 38.5 Å². The number of anilines is 1. The van der Waals surface area contributed by atoms with Crippen LogP contribution < -0.4 is 4.72 Å². The molecule has 0 aliphatic carbocycles. The summed E-state index contributed by atoms with van der Waals surface area (Å²) < 4.78 is 30.9. The Labute approximate surface area is 124 Å². The van der Waals surface area contributed by atoms with Gasteiger partial charge in [0.15, 0.2) is 5.25 Å². The second-order valence-electron chi connectivity index (χ2n) is 4.13. The zero-order valence-corrected chi connectivity index (χ0v) is 12.6. The predicted molar refractivity (Wildman–Crippen MR) is 79.0 cm³/mol. The van der Waals surface area contributed by atoms with Crippen molar-refractivity contribution in [3.63, 3.8) is 0 Å². The SMILES string of the molecule is COC(=O)C(C)S(=O)(=O)Nc1ccccc1C#CCCO. The molecule has 1 aromatic carbocycles. The third-order valence-corrected chi connectivity index (χ3v) is 4.27. The molecule has 2 N–H and O–H groups in total. The number of benzene rings is 1. The Bertz CT molecular complexity index is 657. The number of nitrogens with one attached hydrogen (secondary N) is 1. The molecule has 6 nitrogen and oxygen atoms in total. The molecule has 21 heavy (non-hydrogen) atoms. The fraction of sp³-hybridized carbons (Fsp3) is 0.357. The smallest absolute Gasteiger partial charge is 0.325 e. The Morgan fingerprint density at radius 2 is 2.10 bits per heavy atom. The molecule has 0 saturated heterocycles. The van der Waals surface area contributed by atoms with Crippen molar-refractivity contribution in [2.24, 2.45) is 0 Å². The molecule has 0 amide bonds. The molecule has 0 radical (unpaired) electrons. The number of ether oxygens (including phenoxy) is 1. The lowest BCUT2D eigenvalue weighted by atomic mass is 10.2. The van der Waals surface area contributed by atoms with E-state index in [0.717, 1.165) is 7.11 Å². The van der Waals surface area contributed by atoms with E-state index < -0.39 is 21.2 Å². The number of esters is 1. The molecule has 0 saturated carbocycles. The van der Waals surface area contributed by atoms with E-state index >= 15 is 0 Å². The lowest BCUT2D eigenvalue weighted by Gasteiger charge is -2.13. The van der Waals surface area contributed by atoms with Gasteiger partial charge in [-0.1, -0.05) is 24.0 Å². The first-order valence-corrected chi connectivity index (χ1v) is 7.75. The Balaban J connectivity index is 3.03. The largest absolute Gasteiger partial charge is 0.468 e. The number of hydrogen-bond donors (Lipinski definition) is 2. The van der Waals surface area contributed by atoms with Crippen LogP contribution in [0.5, 0.6) is 0 Å². The van der Waals surface area contributed by atoms with Gasteiger partial charge in [-0.3, -0.25) is 9.52 Å². The molecule has 1 rings (SSSR count). The van der Waals surface area contributed by atoms with Crippen molar-refractivity contribution in [1.82, 2.24) is 0 Å². The number of methoxy groups -OCH3 is 1. The van der Waals surface area contributed by atoms with E-state index in [1.807, 2.05) is 0 Å². The summed E-state index contributed by atoms with van der Waals surface area (Å²) in [6.07, 6.45) is 0.291. The van der Waals surface area contributed by atoms with Gasteiger partial charge in [0, 0.05) is 12.0 Å². The molecule has 114 valence electrons. The number of rotatable bonds is 5. The van der Waals surface area contributed by atoms with Crippen LogP contribution in [-0.2, 0) is 19.6 Å². The minimum Gasteiger partial charge on any atom is -0.468 e. The van der Waals surface area contributed by atoms with Gasteiger partial charge in [-0.05, 0) is 19.1 Å². The first kappa shape index (κ1) is 17.0. The van der Waals surface area contributed by atoms with Gasteiger partial charge in [-0.15, -0.1) is 0 Å². The molecular formula is C14H17NO5S. The Hall–Kier alpha value is -2.04. The maximum atomic E-state index is 12.1. The summed E-state index contributed by atoms with van der Waals surface area (Å²) in [6.45, 7) is 1.18. The van der Waals surface area contributed by atoms with Crippen LogP contribution in [0.1, 0.15) is 18.9 Å². The number of aliphatic hydroxyl groups excluding tert-OH is 1. The van der Waals surface area contributed by atoms with Gasteiger partial charge in [-0.2, -0.15) is 0 Å². The number of carbonyl (C=O) groups excluding carboxylic acids is 1. The van der Waals surface area contributed by atoms with E-state index in [4.69, 9.17) is 5.11 Å². The highest BCUT2D eigenvalue weighted by Crippen LogP contribution is 2.17. The van der Waals surface area contributed by atoms with Crippen molar-refractivity contribution in [2.45, 2.75) is 18.6 Å². The quantitative estimate of drug-likeness (QED) is 0.617. The zero-order chi connectivity index (χ0) is 15.9. The fourth-order valence-corrected chi connectivity index (χ4v) is 2.44. The first-order chi connectivity index (χ1) is 9.92. The van der Waals surface area contributed by atoms with Gasteiger partial charge in [-0.25, -0.2) is 8.42 Å². The number of hydrogen-bond acceptors (Lipinski definition) is 5. The van der Waals surface area contributed by atoms with Crippen LogP contribution >= 0.6 is 0 Å². The first-order valence-electron chi connectivity index (χ1n) is 6.20. The lowest BCUT2D eigenvalue weighted by Crippen LogP contribution is -2.33. The summed E-state index contributed by atoms with van der Waals surface area (Å²) >= 11 is 0. The van der Waals surface area contributed by atoms with E-state index in [2.05, 4.69) is 21.3 Å². The number of aliphatic hydroxyl groups is 1. The second-order valence-corrected chi connectivity index (χ2v) is 6.13. The molecule has 0 spiro atoms. The normalized spacial score (nSPS) is 12.0. The minimum absolute atomic E-state index is 0.0692. The molecule has 1 unspecified atom stereocenters. The van der Waals surface area contributed by atoms with Crippen LogP contribution in [0.2, 0.25) is 0 Å². The molecular weight excluding hydrogens is 294 g/mol. The van der Waals surface area contributed by atoms with Gasteiger partial charge < -0.3 is 9.84 Å².